The fourth-order valence-corrected chi connectivity index (χ4v) is 2.53. The molecule has 0 aliphatic carbocycles. The molecule has 4 nitrogen and oxygen atoms in total. The summed E-state index contributed by atoms with van der Waals surface area (Å²) in [5.41, 5.74) is 1.21. The van der Waals surface area contributed by atoms with Crippen LogP contribution in [0.1, 0.15) is 35.2 Å². The molecule has 104 valence electrons. The molecule has 0 bridgehead atoms. The molecule has 1 aromatic rings. The van der Waals surface area contributed by atoms with Crippen LogP contribution in [-0.4, -0.2) is 30.4 Å². The number of rotatable bonds is 5. The van der Waals surface area contributed by atoms with Crippen molar-refractivity contribution in [3.63, 3.8) is 0 Å². The number of benzene rings is 1. The lowest BCUT2D eigenvalue weighted by Crippen LogP contribution is -2.24. The molecule has 1 heterocycles. The van der Waals surface area contributed by atoms with Crippen molar-refractivity contribution < 1.29 is 19.4 Å². The van der Waals surface area contributed by atoms with Crippen LogP contribution in [0, 0.1) is 0 Å². The SMILES string of the molecule is O=C(O)c1ccc(COCC2CCCCO2)c(Br)c1. The van der Waals surface area contributed by atoms with E-state index < -0.39 is 5.97 Å². The molecule has 1 aliphatic rings. The molecule has 0 amide bonds. The maximum atomic E-state index is 10.8. The molecule has 1 aromatic carbocycles. The molecule has 1 aliphatic heterocycles. The number of hydrogen-bond acceptors (Lipinski definition) is 3. The van der Waals surface area contributed by atoms with Gasteiger partial charge in [0, 0.05) is 11.1 Å². The average molecular weight is 329 g/mol. The standard InChI is InChI=1S/C14H17BrO4/c15-13-7-10(14(16)17)4-5-11(13)8-18-9-12-3-1-2-6-19-12/h4-5,7,12H,1-3,6,8-9H2,(H,16,17). The van der Waals surface area contributed by atoms with E-state index in [1.165, 1.54) is 6.42 Å². The van der Waals surface area contributed by atoms with Crippen molar-refractivity contribution in [2.75, 3.05) is 13.2 Å². The largest absolute Gasteiger partial charge is 0.478 e. The van der Waals surface area contributed by atoms with Gasteiger partial charge in [-0.05, 0) is 37.0 Å². The Kier molecular flexibility index (Phi) is 5.36. The second kappa shape index (κ2) is 7.03. The van der Waals surface area contributed by atoms with Crippen LogP contribution in [0.3, 0.4) is 0 Å². The van der Waals surface area contributed by atoms with Crippen LogP contribution in [0.25, 0.3) is 0 Å². The Balaban J connectivity index is 1.83. The number of aromatic carboxylic acids is 1. The number of carboxylic acid groups (broad SMARTS) is 1. The fourth-order valence-electron chi connectivity index (χ4n) is 2.04. The van der Waals surface area contributed by atoms with Crippen LogP contribution < -0.4 is 0 Å². The zero-order valence-electron chi connectivity index (χ0n) is 10.6. The Morgan fingerprint density at radius 3 is 2.95 bits per heavy atom. The predicted molar refractivity (Wildman–Crippen MR) is 74.3 cm³/mol. The Morgan fingerprint density at radius 1 is 1.47 bits per heavy atom. The highest BCUT2D eigenvalue weighted by atomic mass is 79.9. The van der Waals surface area contributed by atoms with Crippen molar-refractivity contribution in [1.29, 1.82) is 0 Å². The minimum atomic E-state index is -0.927. The topological polar surface area (TPSA) is 55.8 Å². The van der Waals surface area contributed by atoms with Gasteiger partial charge in [-0.15, -0.1) is 0 Å². The molecule has 1 fully saturated rings. The summed E-state index contributed by atoms with van der Waals surface area (Å²) >= 11 is 3.37. The van der Waals surface area contributed by atoms with Gasteiger partial charge in [-0.1, -0.05) is 22.0 Å². The Morgan fingerprint density at radius 2 is 2.32 bits per heavy atom. The quantitative estimate of drug-likeness (QED) is 0.901. The minimum Gasteiger partial charge on any atom is -0.478 e. The predicted octanol–water partition coefficient (Wildman–Crippen LogP) is 3.23. The highest BCUT2D eigenvalue weighted by Crippen LogP contribution is 2.20. The first-order valence-electron chi connectivity index (χ1n) is 6.38. The summed E-state index contributed by atoms with van der Waals surface area (Å²) in [4.78, 5) is 10.8. The minimum absolute atomic E-state index is 0.200. The molecule has 1 saturated heterocycles. The van der Waals surface area contributed by atoms with Gasteiger partial charge >= 0.3 is 5.97 Å². The molecular weight excluding hydrogens is 312 g/mol. The molecular formula is C14H17BrO4. The maximum absolute atomic E-state index is 10.8. The number of carboxylic acids is 1. The van der Waals surface area contributed by atoms with Gasteiger partial charge in [0.2, 0.25) is 0 Å². The van der Waals surface area contributed by atoms with E-state index in [9.17, 15) is 4.79 Å². The van der Waals surface area contributed by atoms with Gasteiger partial charge in [-0.3, -0.25) is 0 Å². The molecule has 5 heteroatoms. The molecule has 0 spiro atoms. The van der Waals surface area contributed by atoms with Gasteiger partial charge < -0.3 is 14.6 Å². The fraction of sp³-hybridized carbons (Fsp3) is 0.500. The zero-order valence-corrected chi connectivity index (χ0v) is 12.2. The monoisotopic (exact) mass is 328 g/mol. The molecule has 0 saturated carbocycles. The third kappa shape index (κ3) is 4.30. The summed E-state index contributed by atoms with van der Waals surface area (Å²) in [6, 6.07) is 4.95. The lowest BCUT2D eigenvalue weighted by Gasteiger charge is -2.22. The Bertz CT molecular complexity index is 441. The second-order valence-corrected chi connectivity index (χ2v) is 5.47. The molecule has 1 N–H and O–H groups in total. The van der Waals surface area contributed by atoms with Gasteiger partial charge in [0.1, 0.15) is 0 Å². The van der Waals surface area contributed by atoms with Crippen LogP contribution in [-0.2, 0) is 16.1 Å². The van der Waals surface area contributed by atoms with E-state index >= 15 is 0 Å². The van der Waals surface area contributed by atoms with Crippen molar-refractivity contribution in [2.45, 2.75) is 32.0 Å². The van der Waals surface area contributed by atoms with Crippen molar-refractivity contribution in [3.05, 3.63) is 33.8 Å². The molecule has 1 atom stereocenters. The van der Waals surface area contributed by atoms with Gasteiger partial charge in [-0.2, -0.15) is 0 Å². The van der Waals surface area contributed by atoms with E-state index in [0.717, 1.165) is 29.5 Å². The van der Waals surface area contributed by atoms with Crippen LogP contribution in [0.15, 0.2) is 22.7 Å². The van der Waals surface area contributed by atoms with Crippen molar-refractivity contribution in [1.82, 2.24) is 0 Å². The summed E-state index contributed by atoms with van der Waals surface area (Å²) < 4.78 is 12.0. The van der Waals surface area contributed by atoms with Crippen LogP contribution in [0.4, 0.5) is 0 Å². The van der Waals surface area contributed by atoms with Crippen molar-refractivity contribution >= 4 is 21.9 Å². The first-order chi connectivity index (χ1) is 9.16. The normalized spacial score (nSPS) is 19.3. The number of halogens is 1. The van der Waals surface area contributed by atoms with E-state index in [1.54, 1.807) is 18.2 Å². The Labute approximate surface area is 120 Å². The van der Waals surface area contributed by atoms with E-state index in [4.69, 9.17) is 14.6 Å². The number of hydrogen-bond donors (Lipinski definition) is 1. The number of ether oxygens (including phenoxy) is 2. The summed E-state index contributed by atoms with van der Waals surface area (Å²) in [5, 5.41) is 8.88. The van der Waals surface area contributed by atoms with E-state index in [0.29, 0.717) is 13.2 Å². The number of carbonyl (C=O) groups is 1. The van der Waals surface area contributed by atoms with Gasteiger partial charge in [0.15, 0.2) is 0 Å². The zero-order chi connectivity index (χ0) is 13.7. The van der Waals surface area contributed by atoms with Crippen molar-refractivity contribution in [3.8, 4) is 0 Å². The molecule has 1 unspecified atom stereocenters. The van der Waals surface area contributed by atoms with Crippen molar-refractivity contribution in [2.24, 2.45) is 0 Å². The summed E-state index contributed by atoms with van der Waals surface area (Å²) in [6.45, 7) is 1.87. The lowest BCUT2D eigenvalue weighted by atomic mass is 10.1. The van der Waals surface area contributed by atoms with Gasteiger partial charge in [-0.25, -0.2) is 4.79 Å². The molecule has 0 radical (unpaired) electrons. The highest BCUT2D eigenvalue weighted by Gasteiger charge is 2.14. The lowest BCUT2D eigenvalue weighted by molar-refractivity contribution is -0.0448. The maximum Gasteiger partial charge on any atom is 0.335 e. The summed E-state index contributed by atoms with van der Waals surface area (Å²) in [7, 11) is 0. The molecule has 0 aromatic heterocycles. The summed E-state index contributed by atoms with van der Waals surface area (Å²) in [6.07, 6.45) is 3.59. The smallest absolute Gasteiger partial charge is 0.335 e. The highest BCUT2D eigenvalue weighted by molar-refractivity contribution is 9.10. The van der Waals surface area contributed by atoms with Gasteiger partial charge in [0.25, 0.3) is 0 Å². The van der Waals surface area contributed by atoms with E-state index in [1.807, 2.05) is 0 Å². The third-order valence-electron chi connectivity index (χ3n) is 3.14. The van der Waals surface area contributed by atoms with Crippen LogP contribution >= 0.6 is 15.9 Å². The average Bonchev–Trinajstić information content (AvgIpc) is 2.41. The Hall–Kier alpha value is -0.910. The van der Waals surface area contributed by atoms with Gasteiger partial charge in [0.05, 0.1) is 24.9 Å². The van der Waals surface area contributed by atoms with E-state index in [2.05, 4.69) is 15.9 Å². The second-order valence-electron chi connectivity index (χ2n) is 4.62. The first-order valence-corrected chi connectivity index (χ1v) is 7.17. The van der Waals surface area contributed by atoms with Crippen LogP contribution in [0.2, 0.25) is 0 Å². The first kappa shape index (κ1) is 14.5. The van der Waals surface area contributed by atoms with E-state index in [-0.39, 0.29) is 11.7 Å². The molecule has 2 rings (SSSR count). The molecule has 19 heavy (non-hydrogen) atoms. The van der Waals surface area contributed by atoms with Crippen LogP contribution in [0.5, 0.6) is 0 Å². The summed E-state index contributed by atoms with van der Waals surface area (Å²) in [5.74, 6) is -0.927. The third-order valence-corrected chi connectivity index (χ3v) is 3.87.